The van der Waals surface area contributed by atoms with Gasteiger partial charge in [-0.1, -0.05) is 25.8 Å². The zero-order chi connectivity index (χ0) is 8.32. The number of rotatable bonds is 3. The lowest BCUT2D eigenvalue weighted by Crippen LogP contribution is -2.38. The first-order valence-electron chi connectivity index (χ1n) is 4.53. The molecule has 1 aliphatic carbocycles. The molecule has 1 unspecified atom stereocenters. The fourth-order valence-electron chi connectivity index (χ4n) is 2.24. The molecular formula is C10H19N. The van der Waals surface area contributed by atoms with E-state index < -0.39 is 0 Å². The lowest BCUT2D eigenvalue weighted by Gasteiger charge is -2.31. The minimum atomic E-state index is 0.483. The van der Waals surface area contributed by atoms with Crippen LogP contribution < -0.4 is 5.32 Å². The molecule has 1 heteroatoms. The van der Waals surface area contributed by atoms with Gasteiger partial charge in [0.05, 0.1) is 0 Å². The van der Waals surface area contributed by atoms with Gasteiger partial charge in [-0.05, 0) is 25.3 Å². The molecule has 0 radical (unpaired) electrons. The van der Waals surface area contributed by atoms with Crippen LogP contribution in [0, 0.1) is 5.41 Å². The summed E-state index contributed by atoms with van der Waals surface area (Å²) < 4.78 is 0. The first kappa shape index (κ1) is 8.79. The van der Waals surface area contributed by atoms with Crippen LogP contribution in [-0.4, -0.2) is 13.1 Å². The highest BCUT2D eigenvalue weighted by Crippen LogP contribution is 2.40. The van der Waals surface area contributed by atoms with Crippen molar-refractivity contribution in [2.45, 2.75) is 38.6 Å². The van der Waals surface area contributed by atoms with Crippen molar-refractivity contribution in [3.8, 4) is 0 Å². The van der Waals surface area contributed by atoms with Crippen LogP contribution in [-0.2, 0) is 0 Å². The number of hydrogen-bond donors (Lipinski definition) is 1. The molecule has 1 nitrogen and oxygen atoms in total. The van der Waals surface area contributed by atoms with Gasteiger partial charge < -0.3 is 5.32 Å². The third kappa shape index (κ3) is 1.64. The van der Waals surface area contributed by atoms with Gasteiger partial charge in [0.2, 0.25) is 0 Å². The Morgan fingerprint density at radius 2 is 2.00 bits per heavy atom. The van der Waals surface area contributed by atoms with E-state index in [4.69, 9.17) is 0 Å². The van der Waals surface area contributed by atoms with Gasteiger partial charge in [-0.3, -0.25) is 0 Å². The quantitative estimate of drug-likeness (QED) is 0.614. The summed E-state index contributed by atoms with van der Waals surface area (Å²) >= 11 is 0. The molecule has 0 aromatic carbocycles. The third-order valence-corrected chi connectivity index (χ3v) is 3.04. The predicted octanol–water partition coefficient (Wildman–Crippen LogP) is 2.34. The smallest absolute Gasteiger partial charge is 0.0298 e. The van der Waals surface area contributed by atoms with Gasteiger partial charge in [0, 0.05) is 6.04 Å². The summed E-state index contributed by atoms with van der Waals surface area (Å²) in [5.41, 5.74) is 0.483. The number of hydrogen-bond acceptors (Lipinski definition) is 1. The maximum Gasteiger partial charge on any atom is 0.0298 e. The normalized spacial score (nSPS) is 24.9. The lowest BCUT2D eigenvalue weighted by molar-refractivity contribution is 0.270. The van der Waals surface area contributed by atoms with Crippen LogP contribution in [0.2, 0.25) is 0 Å². The van der Waals surface area contributed by atoms with Crippen LogP contribution in [0.4, 0.5) is 0 Å². The molecule has 0 bridgehead atoms. The molecule has 1 N–H and O–H groups in total. The van der Waals surface area contributed by atoms with Crippen molar-refractivity contribution in [3.05, 3.63) is 12.7 Å². The summed E-state index contributed by atoms with van der Waals surface area (Å²) in [6.07, 6.45) is 7.53. The molecule has 0 aliphatic heterocycles. The molecule has 1 rings (SSSR count). The predicted molar refractivity (Wildman–Crippen MR) is 49.6 cm³/mol. The van der Waals surface area contributed by atoms with Crippen molar-refractivity contribution < 1.29 is 0 Å². The van der Waals surface area contributed by atoms with Crippen molar-refractivity contribution in [2.24, 2.45) is 5.41 Å². The SMILES string of the molecule is C=CC(NC)C1(C)CCCC1. The second-order valence-corrected chi connectivity index (χ2v) is 3.86. The minimum absolute atomic E-state index is 0.483. The Morgan fingerprint density at radius 1 is 1.45 bits per heavy atom. The van der Waals surface area contributed by atoms with Gasteiger partial charge in [0.1, 0.15) is 0 Å². The van der Waals surface area contributed by atoms with E-state index in [-0.39, 0.29) is 0 Å². The topological polar surface area (TPSA) is 12.0 Å². The Morgan fingerprint density at radius 3 is 2.36 bits per heavy atom. The van der Waals surface area contributed by atoms with E-state index in [1.165, 1.54) is 25.7 Å². The molecule has 0 saturated heterocycles. The molecule has 11 heavy (non-hydrogen) atoms. The van der Waals surface area contributed by atoms with E-state index in [9.17, 15) is 0 Å². The summed E-state index contributed by atoms with van der Waals surface area (Å²) in [4.78, 5) is 0. The second-order valence-electron chi connectivity index (χ2n) is 3.86. The first-order chi connectivity index (χ1) is 5.23. The van der Waals surface area contributed by atoms with Gasteiger partial charge in [0.25, 0.3) is 0 Å². The van der Waals surface area contributed by atoms with E-state index in [0.29, 0.717) is 11.5 Å². The third-order valence-electron chi connectivity index (χ3n) is 3.04. The number of nitrogens with one attached hydrogen (secondary N) is 1. The fraction of sp³-hybridized carbons (Fsp3) is 0.800. The maximum absolute atomic E-state index is 3.86. The molecule has 1 aliphatic rings. The van der Waals surface area contributed by atoms with Crippen LogP contribution in [0.25, 0.3) is 0 Å². The van der Waals surface area contributed by atoms with E-state index >= 15 is 0 Å². The standard InChI is InChI=1S/C10H19N/c1-4-9(11-3)10(2)7-5-6-8-10/h4,9,11H,1,5-8H2,2-3H3. The molecule has 1 saturated carbocycles. The van der Waals surface area contributed by atoms with Gasteiger partial charge in [-0.2, -0.15) is 0 Å². The van der Waals surface area contributed by atoms with Crippen LogP contribution >= 0.6 is 0 Å². The molecule has 1 atom stereocenters. The Labute approximate surface area is 69.9 Å². The van der Waals surface area contributed by atoms with Crippen LogP contribution in [0.1, 0.15) is 32.6 Å². The van der Waals surface area contributed by atoms with E-state index in [2.05, 4.69) is 18.8 Å². The van der Waals surface area contributed by atoms with Gasteiger partial charge in [-0.25, -0.2) is 0 Å². The zero-order valence-electron chi connectivity index (χ0n) is 7.69. The number of likely N-dealkylation sites (N-methyl/N-ethyl adjacent to an activating group) is 1. The van der Waals surface area contributed by atoms with E-state index in [1.807, 2.05) is 13.1 Å². The van der Waals surface area contributed by atoms with Crippen LogP contribution in [0.5, 0.6) is 0 Å². The summed E-state index contributed by atoms with van der Waals surface area (Å²) in [6.45, 7) is 6.22. The average Bonchev–Trinajstić information content (AvgIpc) is 2.39. The van der Waals surface area contributed by atoms with Crippen molar-refractivity contribution in [1.29, 1.82) is 0 Å². The highest BCUT2D eigenvalue weighted by molar-refractivity contribution is 4.99. The highest BCUT2D eigenvalue weighted by Gasteiger charge is 2.34. The summed E-state index contributed by atoms with van der Waals surface area (Å²) in [5.74, 6) is 0. The largest absolute Gasteiger partial charge is 0.313 e. The Bertz CT molecular complexity index is 134. The highest BCUT2D eigenvalue weighted by atomic mass is 14.9. The van der Waals surface area contributed by atoms with Crippen LogP contribution in [0.15, 0.2) is 12.7 Å². The Hall–Kier alpha value is -0.300. The molecule has 0 aromatic heterocycles. The van der Waals surface area contributed by atoms with Crippen molar-refractivity contribution in [3.63, 3.8) is 0 Å². The maximum atomic E-state index is 3.86. The van der Waals surface area contributed by atoms with Crippen molar-refractivity contribution >= 4 is 0 Å². The van der Waals surface area contributed by atoms with Gasteiger partial charge in [0.15, 0.2) is 0 Å². The first-order valence-corrected chi connectivity index (χ1v) is 4.53. The molecule has 0 aromatic rings. The molecule has 0 spiro atoms. The summed E-state index contributed by atoms with van der Waals surface area (Å²) in [6, 6.07) is 0.505. The molecule has 64 valence electrons. The van der Waals surface area contributed by atoms with Crippen molar-refractivity contribution in [1.82, 2.24) is 5.32 Å². The Kier molecular flexibility index (Phi) is 2.72. The molecule has 0 heterocycles. The second kappa shape index (κ2) is 3.40. The summed E-state index contributed by atoms with van der Waals surface area (Å²) in [7, 11) is 2.02. The molecular weight excluding hydrogens is 134 g/mol. The summed E-state index contributed by atoms with van der Waals surface area (Å²) in [5, 5.41) is 3.32. The molecule has 1 fully saturated rings. The van der Waals surface area contributed by atoms with Crippen LogP contribution in [0.3, 0.4) is 0 Å². The fourth-order valence-corrected chi connectivity index (χ4v) is 2.24. The zero-order valence-corrected chi connectivity index (χ0v) is 7.69. The van der Waals surface area contributed by atoms with Gasteiger partial charge >= 0.3 is 0 Å². The lowest BCUT2D eigenvalue weighted by atomic mass is 9.81. The Balaban J connectivity index is 2.60. The average molecular weight is 153 g/mol. The van der Waals surface area contributed by atoms with Crippen molar-refractivity contribution in [2.75, 3.05) is 7.05 Å². The van der Waals surface area contributed by atoms with Gasteiger partial charge in [-0.15, -0.1) is 6.58 Å². The minimum Gasteiger partial charge on any atom is -0.313 e. The van der Waals surface area contributed by atoms with E-state index in [0.717, 1.165) is 0 Å². The monoisotopic (exact) mass is 153 g/mol. The van der Waals surface area contributed by atoms with E-state index in [1.54, 1.807) is 0 Å². The molecule has 0 amide bonds.